The van der Waals surface area contributed by atoms with Crippen molar-refractivity contribution in [2.24, 2.45) is 10.7 Å². The molecule has 0 bridgehead atoms. The molecule has 1 heterocycles. The summed E-state index contributed by atoms with van der Waals surface area (Å²) in [6, 6.07) is 11.3. The van der Waals surface area contributed by atoms with Crippen LogP contribution in [0.3, 0.4) is 0 Å². The zero-order valence-electron chi connectivity index (χ0n) is 14.2. The molecule has 25 heavy (non-hydrogen) atoms. The van der Waals surface area contributed by atoms with Gasteiger partial charge in [-0.1, -0.05) is 6.07 Å². The second-order valence-electron chi connectivity index (χ2n) is 5.40. The van der Waals surface area contributed by atoms with Crippen molar-refractivity contribution < 1.29 is 18.9 Å². The first kappa shape index (κ1) is 16.8. The smallest absolute Gasteiger partial charge is 0.231 e. The Morgan fingerprint density at radius 1 is 1.08 bits per heavy atom. The minimum atomic E-state index is 0.277. The zero-order chi connectivity index (χ0) is 17.6. The minimum Gasteiger partial charge on any atom is -0.493 e. The van der Waals surface area contributed by atoms with Crippen LogP contribution >= 0.6 is 0 Å². The Bertz CT molecular complexity index is 777. The average Bonchev–Trinajstić information content (AvgIpc) is 3.09. The number of nitrogens with one attached hydrogen (secondary N) is 1. The fourth-order valence-electron chi connectivity index (χ4n) is 2.50. The van der Waals surface area contributed by atoms with Crippen molar-refractivity contribution in [3.8, 4) is 23.0 Å². The Balaban J connectivity index is 1.57. The highest BCUT2D eigenvalue weighted by Gasteiger charge is 2.12. The van der Waals surface area contributed by atoms with Gasteiger partial charge in [-0.2, -0.15) is 0 Å². The van der Waals surface area contributed by atoms with Gasteiger partial charge in [-0.05, 0) is 36.2 Å². The molecule has 132 valence electrons. The molecule has 0 radical (unpaired) electrons. The van der Waals surface area contributed by atoms with Gasteiger partial charge in [0.2, 0.25) is 6.79 Å². The highest BCUT2D eigenvalue weighted by molar-refractivity contribution is 5.92. The van der Waals surface area contributed by atoms with Gasteiger partial charge in [-0.3, -0.25) is 4.99 Å². The molecular weight excluding hydrogens is 322 g/mol. The molecule has 0 unspecified atom stereocenters. The number of nitrogens with zero attached hydrogens (tertiary/aromatic N) is 1. The van der Waals surface area contributed by atoms with Gasteiger partial charge in [-0.25, -0.2) is 0 Å². The second-order valence-corrected chi connectivity index (χ2v) is 5.40. The maximum Gasteiger partial charge on any atom is 0.231 e. The summed E-state index contributed by atoms with van der Waals surface area (Å²) >= 11 is 0. The van der Waals surface area contributed by atoms with Gasteiger partial charge in [0.1, 0.15) is 0 Å². The van der Waals surface area contributed by atoms with E-state index in [2.05, 4.69) is 10.3 Å². The number of fused-ring (bicyclic) bond motifs is 1. The van der Waals surface area contributed by atoms with Crippen molar-refractivity contribution in [1.82, 2.24) is 0 Å². The molecule has 1 aliphatic heterocycles. The fourth-order valence-corrected chi connectivity index (χ4v) is 2.50. The molecule has 0 aromatic heterocycles. The number of nitrogens with two attached hydrogens (primary N) is 1. The van der Waals surface area contributed by atoms with E-state index < -0.39 is 0 Å². The summed E-state index contributed by atoms with van der Waals surface area (Å²) in [6.45, 7) is 0.838. The van der Waals surface area contributed by atoms with Gasteiger partial charge in [0.25, 0.3) is 0 Å². The summed E-state index contributed by atoms with van der Waals surface area (Å²) in [5.74, 6) is 3.18. The maximum absolute atomic E-state index is 5.94. The van der Waals surface area contributed by atoms with Crippen LogP contribution in [0.4, 0.5) is 5.69 Å². The van der Waals surface area contributed by atoms with E-state index in [0.717, 1.165) is 29.2 Å². The number of anilines is 1. The van der Waals surface area contributed by atoms with E-state index in [0.29, 0.717) is 24.0 Å². The largest absolute Gasteiger partial charge is 0.493 e. The van der Waals surface area contributed by atoms with Crippen LogP contribution in [0.2, 0.25) is 0 Å². The van der Waals surface area contributed by atoms with Crippen LogP contribution in [0, 0.1) is 0 Å². The predicted molar refractivity (Wildman–Crippen MR) is 95.9 cm³/mol. The van der Waals surface area contributed by atoms with Crippen LogP contribution in [0.15, 0.2) is 41.4 Å². The van der Waals surface area contributed by atoms with E-state index in [9.17, 15) is 0 Å². The number of guanidine groups is 1. The van der Waals surface area contributed by atoms with E-state index in [4.69, 9.17) is 24.7 Å². The predicted octanol–water partition coefficient (Wildman–Crippen LogP) is 2.40. The number of hydrogen-bond acceptors (Lipinski definition) is 5. The first-order valence-electron chi connectivity index (χ1n) is 7.87. The van der Waals surface area contributed by atoms with Gasteiger partial charge < -0.3 is 30.0 Å². The van der Waals surface area contributed by atoms with E-state index in [1.165, 1.54) is 0 Å². The lowest BCUT2D eigenvalue weighted by Gasteiger charge is -2.11. The lowest BCUT2D eigenvalue weighted by Crippen LogP contribution is -2.23. The van der Waals surface area contributed by atoms with Gasteiger partial charge in [0.05, 0.1) is 14.2 Å². The van der Waals surface area contributed by atoms with Crippen LogP contribution in [0.5, 0.6) is 23.0 Å². The Morgan fingerprint density at radius 2 is 1.88 bits per heavy atom. The number of aliphatic imine (C=N–C) groups is 1. The molecule has 3 rings (SSSR count). The summed E-state index contributed by atoms with van der Waals surface area (Å²) in [4.78, 5) is 4.35. The van der Waals surface area contributed by atoms with Crippen LogP contribution in [0.1, 0.15) is 5.56 Å². The molecule has 0 atom stereocenters. The zero-order valence-corrected chi connectivity index (χ0v) is 14.2. The molecule has 7 nitrogen and oxygen atoms in total. The highest BCUT2D eigenvalue weighted by Crippen LogP contribution is 2.32. The van der Waals surface area contributed by atoms with Crippen molar-refractivity contribution in [1.29, 1.82) is 0 Å². The summed E-state index contributed by atoms with van der Waals surface area (Å²) in [7, 11) is 3.18. The summed E-state index contributed by atoms with van der Waals surface area (Å²) in [5, 5.41) is 3.04. The number of benzene rings is 2. The Morgan fingerprint density at radius 3 is 2.68 bits per heavy atom. The molecule has 3 N–H and O–H groups in total. The SMILES string of the molecule is COc1ccc(NC(N)=NCCc2ccc3c(c2)OCO3)cc1OC. The van der Waals surface area contributed by atoms with E-state index in [1.807, 2.05) is 24.3 Å². The number of hydrogen-bond donors (Lipinski definition) is 2. The molecule has 1 aliphatic rings. The van der Waals surface area contributed by atoms with Gasteiger partial charge in [-0.15, -0.1) is 0 Å². The second kappa shape index (κ2) is 7.65. The van der Waals surface area contributed by atoms with E-state index in [1.54, 1.807) is 26.4 Å². The van der Waals surface area contributed by atoms with Gasteiger partial charge in [0, 0.05) is 18.3 Å². The first-order chi connectivity index (χ1) is 12.2. The third-order valence-electron chi connectivity index (χ3n) is 3.78. The van der Waals surface area contributed by atoms with Crippen molar-refractivity contribution in [2.45, 2.75) is 6.42 Å². The fraction of sp³-hybridized carbons (Fsp3) is 0.278. The van der Waals surface area contributed by atoms with Crippen LogP contribution in [-0.4, -0.2) is 33.5 Å². The van der Waals surface area contributed by atoms with Crippen molar-refractivity contribution in [3.05, 3.63) is 42.0 Å². The van der Waals surface area contributed by atoms with Gasteiger partial charge >= 0.3 is 0 Å². The third-order valence-corrected chi connectivity index (χ3v) is 3.78. The molecular formula is C18H21N3O4. The van der Waals surface area contributed by atoms with Crippen LogP contribution in [0.25, 0.3) is 0 Å². The van der Waals surface area contributed by atoms with E-state index >= 15 is 0 Å². The molecule has 7 heteroatoms. The molecule has 2 aromatic carbocycles. The molecule has 2 aromatic rings. The topological polar surface area (TPSA) is 87.3 Å². The van der Waals surface area contributed by atoms with E-state index in [-0.39, 0.29) is 6.79 Å². The number of rotatable bonds is 6. The lowest BCUT2D eigenvalue weighted by atomic mass is 10.1. The Labute approximate surface area is 146 Å². The van der Waals surface area contributed by atoms with Crippen LogP contribution in [-0.2, 0) is 6.42 Å². The molecule has 0 spiro atoms. The minimum absolute atomic E-state index is 0.277. The highest BCUT2D eigenvalue weighted by atomic mass is 16.7. The number of ether oxygens (including phenoxy) is 4. The molecule has 0 amide bonds. The molecule has 0 fully saturated rings. The van der Waals surface area contributed by atoms with Crippen molar-refractivity contribution in [3.63, 3.8) is 0 Å². The molecule has 0 aliphatic carbocycles. The number of methoxy groups -OCH3 is 2. The summed E-state index contributed by atoms with van der Waals surface area (Å²) in [6.07, 6.45) is 0.755. The van der Waals surface area contributed by atoms with Crippen LogP contribution < -0.4 is 30.0 Å². The average molecular weight is 343 g/mol. The lowest BCUT2D eigenvalue weighted by molar-refractivity contribution is 0.174. The Hall–Kier alpha value is -3.09. The Kier molecular flexibility index (Phi) is 5.13. The quantitative estimate of drug-likeness (QED) is 0.619. The van der Waals surface area contributed by atoms with Crippen molar-refractivity contribution in [2.75, 3.05) is 32.9 Å². The standard InChI is InChI=1S/C18H21N3O4/c1-22-14-6-4-13(10-16(14)23-2)21-18(19)20-8-7-12-3-5-15-17(9-12)25-11-24-15/h3-6,9-10H,7-8,11H2,1-2H3,(H3,19,20,21). The maximum atomic E-state index is 5.94. The molecule has 0 saturated carbocycles. The van der Waals surface area contributed by atoms with Gasteiger partial charge in [0.15, 0.2) is 29.0 Å². The monoisotopic (exact) mass is 343 g/mol. The third kappa shape index (κ3) is 4.06. The first-order valence-corrected chi connectivity index (χ1v) is 7.87. The summed E-state index contributed by atoms with van der Waals surface area (Å²) in [5.41, 5.74) is 7.84. The summed E-state index contributed by atoms with van der Waals surface area (Å²) < 4.78 is 21.1. The normalized spacial score (nSPS) is 12.8. The van der Waals surface area contributed by atoms with Crippen molar-refractivity contribution >= 4 is 11.6 Å². The molecule has 0 saturated heterocycles.